The number of hydrogen-bond acceptors (Lipinski definition) is 4. The molecule has 5 nitrogen and oxygen atoms in total. The van der Waals surface area contributed by atoms with Crippen molar-refractivity contribution in [1.82, 2.24) is 5.43 Å². The molecule has 0 spiro atoms. The van der Waals surface area contributed by atoms with E-state index in [-0.39, 0.29) is 0 Å². The Bertz CT molecular complexity index is 475. The Morgan fingerprint density at radius 1 is 1.27 bits per heavy atom. The van der Waals surface area contributed by atoms with Gasteiger partial charge in [-0.3, -0.25) is 0 Å². The fraction of sp³-hybridized carbons (Fsp3) is 0.300. The molecule has 1 aromatic carbocycles. The Hall–Kier alpha value is -1.91. The lowest BCUT2D eigenvalue weighted by Crippen LogP contribution is -2.12. The summed E-state index contributed by atoms with van der Waals surface area (Å²) >= 11 is 0. The highest BCUT2D eigenvalue weighted by Crippen LogP contribution is 2.30. The summed E-state index contributed by atoms with van der Waals surface area (Å²) in [6, 6.07) is 4.25. The number of nitrogens with one attached hydrogen (secondary N) is 1. The van der Waals surface area contributed by atoms with Crippen LogP contribution in [0.5, 0.6) is 0 Å². The largest absolute Gasteiger partial charge is 0.384 e. The van der Waals surface area contributed by atoms with E-state index in [4.69, 9.17) is 0 Å². The Morgan fingerprint density at radius 2 is 2.20 bits per heavy atom. The number of benzene rings is 1. The van der Waals surface area contributed by atoms with Crippen molar-refractivity contribution in [2.45, 2.75) is 13.3 Å². The summed E-state index contributed by atoms with van der Waals surface area (Å²) in [5.41, 5.74) is 8.56. The molecule has 0 saturated heterocycles. The van der Waals surface area contributed by atoms with Crippen LogP contribution in [0.15, 0.2) is 27.7 Å². The zero-order valence-corrected chi connectivity index (χ0v) is 8.36. The van der Waals surface area contributed by atoms with Crippen molar-refractivity contribution in [2.24, 2.45) is 15.5 Å². The van der Waals surface area contributed by atoms with Gasteiger partial charge in [-0.1, -0.05) is 12.1 Å². The molecule has 1 N–H and O–H groups in total. The van der Waals surface area contributed by atoms with Crippen LogP contribution in [0.2, 0.25) is 0 Å². The molecule has 5 heteroatoms. The summed E-state index contributed by atoms with van der Waals surface area (Å²) in [6.45, 7) is 3.03. The average Bonchev–Trinajstić information content (AvgIpc) is 2.85. The van der Waals surface area contributed by atoms with Crippen LogP contribution in [0.25, 0.3) is 0 Å². The summed E-state index contributed by atoms with van der Waals surface area (Å²) in [4.78, 5) is 0. The number of amidine groups is 1. The molecule has 15 heavy (non-hydrogen) atoms. The fourth-order valence-electron chi connectivity index (χ4n) is 2.02. The maximum Gasteiger partial charge on any atom is 0.209 e. The lowest BCUT2D eigenvalue weighted by atomic mass is 10.0. The van der Waals surface area contributed by atoms with Crippen molar-refractivity contribution in [1.29, 1.82) is 0 Å². The topological polar surface area (TPSA) is 63.2 Å². The monoisotopic (exact) mass is 200 g/mol. The summed E-state index contributed by atoms with van der Waals surface area (Å²) in [5.74, 6) is 0.610. The normalized spacial score (nSPS) is 17.0. The first-order valence-electron chi connectivity index (χ1n) is 4.92. The second-order valence-electron chi connectivity index (χ2n) is 3.67. The minimum atomic E-state index is 0.610. The minimum Gasteiger partial charge on any atom is -0.384 e. The van der Waals surface area contributed by atoms with Gasteiger partial charge in [0.1, 0.15) is 0 Å². The molecule has 2 aliphatic rings. The zero-order chi connectivity index (χ0) is 10.3. The van der Waals surface area contributed by atoms with Gasteiger partial charge < -0.3 is 5.32 Å². The lowest BCUT2D eigenvalue weighted by Gasteiger charge is -2.09. The van der Waals surface area contributed by atoms with Crippen molar-refractivity contribution in [3.8, 4) is 0 Å². The summed E-state index contributed by atoms with van der Waals surface area (Å²) < 4.78 is 0. The standard InChI is InChI=1S/C10H10N5/c1-6-2-3-7-4-5-11-9(7)8(6)10-12-14-15-13-10/h2-3,11H,4-5H2,1H3. The zero-order valence-electron chi connectivity index (χ0n) is 8.36. The fourth-order valence-corrected chi connectivity index (χ4v) is 2.02. The van der Waals surface area contributed by atoms with Crippen LogP contribution >= 0.6 is 0 Å². The number of rotatable bonds is 1. The Kier molecular flexibility index (Phi) is 1.71. The summed E-state index contributed by atoms with van der Waals surface area (Å²) in [5, 5.41) is 14.3. The molecule has 0 saturated carbocycles. The summed E-state index contributed by atoms with van der Waals surface area (Å²) in [6.07, 6.45) is 1.06. The molecule has 1 radical (unpaired) electrons. The number of nitrogens with zero attached hydrogens (tertiary/aromatic N) is 4. The van der Waals surface area contributed by atoms with Gasteiger partial charge in [-0.05, 0) is 34.9 Å². The van der Waals surface area contributed by atoms with E-state index in [1.165, 1.54) is 5.56 Å². The van der Waals surface area contributed by atoms with Gasteiger partial charge in [0, 0.05) is 17.8 Å². The number of aryl methyl sites for hydroxylation is 1. The van der Waals surface area contributed by atoms with Crippen molar-refractivity contribution in [2.75, 3.05) is 11.9 Å². The van der Waals surface area contributed by atoms with Crippen LogP contribution in [0.1, 0.15) is 16.7 Å². The number of anilines is 1. The highest BCUT2D eigenvalue weighted by Gasteiger charge is 2.22. The molecule has 0 bridgehead atoms. The number of fused-ring (bicyclic) bond motifs is 1. The van der Waals surface area contributed by atoms with Gasteiger partial charge in [0.25, 0.3) is 0 Å². The first-order chi connectivity index (χ1) is 7.36. The van der Waals surface area contributed by atoms with Crippen molar-refractivity contribution in [3.05, 3.63) is 28.8 Å². The predicted molar refractivity (Wildman–Crippen MR) is 56.9 cm³/mol. The van der Waals surface area contributed by atoms with Gasteiger partial charge in [0.05, 0.1) is 0 Å². The first kappa shape index (κ1) is 8.40. The molecule has 0 fully saturated rings. The van der Waals surface area contributed by atoms with Gasteiger partial charge >= 0.3 is 0 Å². The quantitative estimate of drug-likeness (QED) is 0.735. The van der Waals surface area contributed by atoms with E-state index in [1.54, 1.807) is 0 Å². The molecule has 1 aromatic rings. The van der Waals surface area contributed by atoms with Gasteiger partial charge in [-0.2, -0.15) is 0 Å². The molecule has 2 aliphatic heterocycles. The molecular weight excluding hydrogens is 190 g/mol. The lowest BCUT2D eigenvalue weighted by molar-refractivity contribution is 0.923. The van der Waals surface area contributed by atoms with E-state index in [9.17, 15) is 0 Å². The molecule has 0 aromatic heterocycles. The van der Waals surface area contributed by atoms with Crippen LogP contribution in [0.4, 0.5) is 5.69 Å². The molecule has 0 aliphatic carbocycles. The SMILES string of the molecule is Cc1ccc2c(c1C1=NN=N[N]1)NCC2. The molecular formula is C10H10N5. The van der Waals surface area contributed by atoms with Crippen LogP contribution in [0, 0.1) is 6.92 Å². The number of hydrogen-bond donors (Lipinski definition) is 1. The molecule has 0 atom stereocenters. The van der Waals surface area contributed by atoms with E-state index in [0.717, 1.165) is 29.8 Å². The van der Waals surface area contributed by atoms with Crippen LogP contribution in [0.3, 0.4) is 0 Å². The third-order valence-corrected chi connectivity index (χ3v) is 2.74. The van der Waals surface area contributed by atoms with E-state index in [1.807, 2.05) is 6.92 Å². The van der Waals surface area contributed by atoms with Crippen LogP contribution < -0.4 is 10.7 Å². The molecule has 0 unspecified atom stereocenters. The molecule has 2 heterocycles. The Labute approximate surface area is 87.3 Å². The molecule has 0 amide bonds. The van der Waals surface area contributed by atoms with E-state index in [2.05, 4.69) is 38.4 Å². The second-order valence-corrected chi connectivity index (χ2v) is 3.67. The molecule has 75 valence electrons. The highest BCUT2D eigenvalue weighted by molar-refractivity contribution is 6.05. The van der Waals surface area contributed by atoms with Gasteiger partial charge in [0.15, 0.2) is 0 Å². The maximum atomic E-state index is 3.91. The second kappa shape index (κ2) is 3.05. The van der Waals surface area contributed by atoms with Gasteiger partial charge in [0.2, 0.25) is 5.84 Å². The van der Waals surface area contributed by atoms with E-state index < -0.39 is 0 Å². The Balaban J connectivity index is 2.17. The maximum absolute atomic E-state index is 3.91. The van der Waals surface area contributed by atoms with Gasteiger partial charge in [-0.15, -0.1) is 10.5 Å². The van der Waals surface area contributed by atoms with Crippen LogP contribution in [-0.2, 0) is 6.42 Å². The van der Waals surface area contributed by atoms with Crippen molar-refractivity contribution in [3.63, 3.8) is 0 Å². The van der Waals surface area contributed by atoms with Crippen LogP contribution in [-0.4, -0.2) is 12.4 Å². The third kappa shape index (κ3) is 1.20. The molecule has 3 rings (SSSR count). The highest BCUT2D eigenvalue weighted by atomic mass is 15.6. The van der Waals surface area contributed by atoms with E-state index in [0.29, 0.717) is 5.84 Å². The summed E-state index contributed by atoms with van der Waals surface area (Å²) in [7, 11) is 0. The predicted octanol–water partition coefficient (Wildman–Crippen LogP) is 1.61. The average molecular weight is 200 g/mol. The van der Waals surface area contributed by atoms with Crippen molar-refractivity contribution >= 4 is 11.5 Å². The van der Waals surface area contributed by atoms with E-state index >= 15 is 0 Å². The third-order valence-electron chi connectivity index (χ3n) is 2.74. The first-order valence-corrected chi connectivity index (χ1v) is 4.92. The van der Waals surface area contributed by atoms with Crippen molar-refractivity contribution < 1.29 is 0 Å². The smallest absolute Gasteiger partial charge is 0.209 e. The minimum absolute atomic E-state index is 0.610. The van der Waals surface area contributed by atoms with Gasteiger partial charge in [-0.25, -0.2) is 0 Å². The Morgan fingerprint density at radius 3 is 3.00 bits per heavy atom.